The fraction of sp³-hybridized carbons (Fsp3) is 0.778. The van der Waals surface area contributed by atoms with Gasteiger partial charge in [-0.3, -0.25) is 14.4 Å². The second-order valence-corrected chi connectivity index (χ2v) is 7.81. The summed E-state index contributed by atoms with van der Waals surface area (Å²) in [6, 6.07) is -2.60. The summed E-state index contributed by atoms with van der Waals surface area (Å²) in [5.41, 5.74) is 5.79. The summed E-state index contributed by atoms with van der Waals surface area (Å²) in [6.07, 6.45) is 0.285. The van der Waals surface area contributed by atoms with Crippen LogP contribution in [0.2, 0.25) is 0 Å². The average molecular weight is 386 g/mol. The maximum absolute atomic E-state index is 12.4. The van der Waals surface area contributed by atoms with Crippen molar-refractivity contribution in [2.45, 2.75) is 66.1 Å². The number of nitrogens with two attached hydrogens (primary N) is 1. The van der Waals surface area contributed by atoms with Gasteiger partial charge in [0.15, 0.2) is 0 Å². The number of carboxylic acids is 1. The van der Waals surface area contributed by atoms with Crippen molar-refractivity contribution >= 4 is 23.7 Å². The van der Waals surface area contributed by atoms with E-state index in [0.29, 0.717) is 0 Å². The third-order valence-electron chi connectivity index (χ3n) is 4.03. The summed E-state index contributed by atoms with van der Waals surface area (Å²) in [6.45, 7) is 10.4. The highest BCUT2D eigenvalue weighted by Gasteiger charge is 2.28. The van der Waals surface area contributed by atoms with Gasteiger partial charge in [0.2, 0.25) is 17.7 Å². The van der Waals surface area contributed by atoms with Crippen molar-refractivity contribution in [1.29, 1.82) is 0 Å². The number of rotatable bonds is 11. The second-order valence-electron chi connectivity index (χ2n) is 7.81. The van der Waals surface area contributed by atoms with Crippen molar-refractivity contribution in [3.8, 4) is 0 Å². The summed E-state index contributed by atoms with van der Waals surface area (Å²) < 4.78 is 0. The standard InChI is InChI=1S/C18H34N4O5/c1-9(2)7-12(18(26)27)21-13(23)8-20-17(25)15(11(5)6)22-16(24)14(19)10(3)4/h9-12,14-15H,7-8,19H2,1-6H3,(H,20,25)(H,21,23)(H,22,24)(H,26,27). The number of hydrogen-bond acceptors (Lipinski definition) is 5. The highest BCUT2D eigenvalue weighted by molar-refractivity contribution is 5.92. The number of carboxylic acid groups (broad SMARTS) is 1. The Kier molecular flexibility index (Phi) is 10.6. The Hall–Kier alpha value is -2.16. The van der Waals surface area contributed by atoms with Crippen LogP contribution < -0.4 is 21.7 Å². The lowest BCUT2D eigenvalue weighted by Crippen LogP contribution is -2.56. The first-order chi connectivity index (χ1) is 12.4. The van der Waals surface area contributed by atoms with E-state index in [9.17, 15) is 19.2 Å². The van der Waals surface area contributed by atoms with Gasteiger partial charge in [0.1, 0.15) is 12.1 Å². The normalized spacial score (nSPS) is 14.6. The van der Waals surface area contributed by atoms with E-state index in [-0.39, 0.29) is 30.7 Å². The molecule has 3 unspecified atom stereocenters. The molecular weight excluding hydrogens is 352 g/mol. The molecule has 3 amide bonds. The molecular formula is C18H34N4O5. The Morgan fingerprint density at radius 2 is 1.44 bits per heavy atom. The zero-order valence-corrected chi connectivity index (χ0v) is 17.0. The molecule has 0 aromatic carbocycles. The molecule has 6 N–H and O–H groups in total. The quantitative estimate of drug-likeness (QED) is 0.333. The molecule has 0 aliphatic rings. The van der Waals surface area contributed by atoms with Crippen molar-refractivity contribution in [1.82, 2.24) is 16.0 Å². The van der Waals surface area contributed by atoms with Crippen LogP contribution in [-0.4, -0.2) is 53.5 Å². The molecule has 0 bridgehead atoms. The van der Waals surface area contributed by atoms with Crippen LogP contribution in [0.5, 0.6) is 0 Å². The minimum absolute atomic E-state index is 0.0828. The summed E-state index contributed by atoms with van der Waals surface area (Å²) in [7, 11) is 0. The van der Waals surface area contributed by atoms with Crippen LogP contribution in [0.25, 0.3) is 0 Å². The van der Waals surface area contributed by atoms with Gasteiger partial charge in [-0.15, -0.1) is 0 Å². The predicted molar refractivity (Wildman–Crippen MR) is 102 cm³/mol. The van der Waals surface area contributed by atoms with E-state index in [1.54, 1.807) is 27.7 Å². The number of nitrogens with one attached hydrogen (secondary N) is 3. The van der Waals surface area contributed by atoms with E-state index >= 15 is 0 Å². The third kappa shape index (κ3) is 9.37. The summed E-state index contributed by atoms with van der Waals surface area (Å²) in [5, 5.41) is 16.6. The highest BCUT2D eigenvalue weighted by Crippen LogP contribution is 2.06. The zero-order chi connectivity index (χ0) is 21.3. The fourth-order valence-electron chi connectivity index (χ4n) is 2.30. The van der Waals surface area contributed by atoms with E-state index < -0.39 is 41.8 Å². The van der Waals surface area contributed by atoms with E-state index in [1.807, 2.05) is 13.8 Å². The number of carbonyl (C=O) groups excluding carboxylic acids is 3. The van der Waals surface area contributed by atoms with Gasteiger partial charge in [-0.25, -0.2) is 4.79 Å². The average Bonchev–Trinajstić information content (AvgIpc) is 2.54. The minimum Gasteiger partial charge on any atom is -0.480 e. The van der Waals surface area contributed by atoms with Gasteiger partial charge in [-0.1, -0.05) is 41.5 Å². The molecule has 0 aliphatic heterocycles. The van der Waals surface area contributed by atoms with Crippen molar-refractivity contribution in [3.63, 3.8) is 0 Å². The Morgan fingerprint density at radius 1 is 0.889 bits per heavy atom. The van der Waals surface area contributed by atoms with Crippen LogP contribution in [-0.2, 0) is 19.2 Å². The molecule has 0 radical (unpaired) electrons. The Balaban J connectivity index is 4.75. The molecule has 27 heavy (non-hydrogen) atoms. The molecule has 0 rings (SSSR count). The fourth-order valence-corrected chi connectivity index (χ4v) is 2.30. The summed E-state index contributed by atoms with van der Waals surface area (Å²) in [5.74, 6) is -2.91. The van der Waals surface area contributed by atoms with Gasteiger partial charge >= 0.3 is 5.97 Å². The molecule has 0 aromatic rings. The first-order valence-electron chi connectivity index (χ1n) is 9.22. The van der Waals surface area contributed by atoms with E-state index in [1.165, 1.54) is 0 Å². The van der Waals surface area contributed by atoms with Crippen molar-refractivity contribution in [2.75, 3.05) is 6.54 Å². The first-order valence-corrected chi connectivity index (χ1v) is 9.22. The molecule has 3 atom stereocenters. The predicted octanol–water partition coefficient (Wildman–Crippen LogP) is -0.158. The SMILES string of the molecule is CC(C)CC(NC(=O)CNC(=O)C(NC(=O)C(N)C(C)C)C(C)C)C(=O)O. The molecule has 0 aliphatic carbocycles. The number of aliphatic carboxylic acids is 1. The van der Waals surface area contributed by atoms with Crippen LogP contribution in [0.15, 0.2) is 0 Å². The minimum atomic E-state index is -1.13. The Morgan fingerprint density at radius 3 is 1.85 bits per heavy atom. The van der Waals surface area contributed by atoms with Crippen LogP contribution in [0.3, 0.4) is 0 Å². The second kappa shape index (κ2) is 11.5. The van der Waals surface area contributed by atoms with Crippen molar-refractivity contribution < 1.29 is 24.3 Å². The smallest absolute Gasteiger partial charge is 0.326 e. The molecule has 0 spiro atoms. The lowest BCUT2D eigenvalue weighted by atomic mass is 10.0. The zero-order valence-electron chi connectivity index (χ0n) is 17.0. The Labute approximate surface area is 160 Å². The van der Waals surface area contributed by atoms with Crippen molar-refractivity contribution in [3.05, 3.63) is 0 Å². The molecule has 0 aromatic heterocycles. The van der Waals surface area contributed by atoms with E-state index in [4.69, 9.17) is 10.8 Å². The van der Waals surface area contributed by atoms with Gasteiger partial charge in [-0.2, -0.15) is 0 Å². The molecule has 0 saturated carbocycles. The lowest BCUT2D eigenvalue weighted by molar-refractivity contribution is -0.142. The van der Waals surface area contributed by atoms with E-state index in [0.717, 1.165) is 0 Å². The maximum atomic E-state index is 12.4. The third-order valence-corrected chi connectivity index (χ3v) is 4.03. The summed E-state index contributed by atoms with van der Waals surface area (Å²) in [4.78, 5) is 47.6. The van der Waals surface area contributed by atoms with Gasteiger partial charge in [0.25, 0.3) is 0 Å². The summed E-state index contributed by atoms with van der Waals surface area (Å²) >= 11 is 0. The van der Waals surface area contributed by atoms with Crippen LogP contribution >= 0.6 is 0 Å². The highest BCUT2D eigenvalue weighted by atomic mass is 16.4. The molecule has 0 heterocycles. The lowest BCUT2D eigenvalue weighted by Gasteiger charge is -2.24. The Bertz CT molecular complexity index is 534. The largest absolute Gasteiger partial charge is 0.480 e. The molecule has 0 saturated heterocycles. The van der Waals surface area contributed by atoms with Gasteiger partial charge < -0.3 is 26.8 Å². The van der Waals surface area contributed by atoms with Crippen LogP contribution in [0, 0.1) is 17.8 Å². The number of amides is 3. The number of hydrogen-bond donors (Lipinski definition) is 5. The maximum Gasteiger partial charge on any atom is 0.326 e. The van der Waals surface area contributed by atoms with E-state index in [2.05, 4.69) is 16.0 Å². The van der Waals surface area contributed by atoms with Crippen LogP contribution in [0.4, 0.5) is 0 Å². The molecule has 9 heteroatoms. The topological polar surface area (TPSA) is 151 Å². The number of carbonyl (C=O) groups is 4. The van der Waals surface area contributed by atoms with Crippen molar-refractivity contribution in [2.24, 2.45) is 23.5 Å². The van der Waals surface area contributed by atoms with Gasteiger partial charge in [-0.05, 0) is 24.2 Å². The van der Waals surface area contributed by atoms with Gasteiger partial charge in [0, 0.05) is 0 Å². The molecule has 156 valence electrons. The molecule has 0 fully saturated rings. The van der Waals surface area contributed by atoms with Crippen LogP contribution in [0.1, 0.15) is 48.0 Å². The van der Waals surface area contributed by atoms with Gasteiger partial charge in [0.05, 0.1) is 12.6 Å². The molecule has 9 nitrogen and oxygen atoms in total. The monoisotopic (exact) mass is 386 g/mol. The first kappa shape index (κ1) is 24.8.